The van der Waals surface area contributed by atoms with E-state index in [0.717, 1.165) is 15.4 Å². The molecule has 6 nitrogen and oxygen atoms in total. The van der Waals surface area contributed by atoms with Crippen molar-refractivity contribution >= 4 is 38.2 Å². The van der Waals surface area contributed by atoms with E-state index >= 15 is 0 Å². The van der Waals surface area contributed by atoms with Gasteiger partial charge < -0.3 is 9.64 Å². The molecule has 1 saturated heterocycles. The molecular formula is C15H16BrN3O3. The highest BCUT2D eigenvalue weighted by molar-refractivity contribution is 9.10. The number of hydrogen-bond donors (Lipinski definition) is 0. The molecule has 0 amide bonds. The second-order valence-electron chi connectivity index (χ2n) is 5.57. The van der Waals surface area contributed by atoms with Gasteiger partial charge in [-0.25, -0.2) is 4.98 Å². The first-order valence-electron chi connectivity index (χ1n) is 7.08. The number of benzene rings is 1. The van der Waals surface area contributed by atoms with E-state index in [1.54, 1.807) is 0 Å². The van der Waals surface area contributed by atoms with Crippen molar-refractivity contribution in [2.45, 2.75) is 26.1 Å². The molecule has 2 atom stereocenters. The average Bonchev–Trinajstić information content (AvgIpc) is 2.44. The smallest absolute Gasteiger partial charge is 0.311 e. The molecule has 0 spiro atoms. The van der Waals surface area contributed by atoms with Crippen LogP contribution >= 0.6 is 15.9 Å². The number of pyridine rings is 1. The molecule has 3 rings (SSSR count). The number of halogens is 1. The van der Waals surface area contributed by atoms with Crippen LogP contribution in [0.5, 0.6) is 0 Å². The number of ether oxygens (including phenoxy) is 1. The van der Waals surface area contributed by atoms with Crippen molar-refractivity contribution in [1.82, 2.24) is 4.98 Å². The molecule has 1 aliphatic heterocycles. The number of morpholine rings is 1. The topological polar surface area (TPSA) is 68.5 Å². The summed E-state index contributed by atoms with van der Waals surface area (Å²) in [6, 6.07) is 5.63. The van der Waals surface area contributed by atoms with Gasteiger partial charge in [0, 0.05) is 22.9 Å². The van der Waals surface area contributed by atoms with Gasteiger partial charge in [-0.2, -0.15) is 0 Å². The zero-order valence-corrected chi connectivity index (χ0v) is 13.9. The summed E-state index contributed by atoms with van der Waals surface area (Å²) in [4.78, 5) is 17.3. The first-order valence-corrected chi connectivity index (χ1v) is 7.88. The minimum absolute atomic E-state index is 0.0266. The Bertz CT molecular complexity index is 727. The van der Waals surface area contributed by atoms with Crippen LogP contribution in [-0.4, -0.2) is 35.2 Å². The van der Waals surface area contributed by atoms with Gasteiger partial charge in [0.05, 0.1) is 22.6 Å². The van der Waals surface area contributed by atoms with Crippen molar-refractivity contribution in [2.24, 2.45) is 0 Å². The maximum absolute atomic E-state index is 11.5. The van der Waals surface area contributed by atoms with Gasteiger partial charge in [-0.1, -0.05) is 15.9 Å². The van der Waals surface area contributed by atoms with Gasteiger partial charge in [-0.15, -0.1) is 0 Å². The number of aromatic nitrogens is 1. The van der Waals surface area contributed by atoms with Crippen molar-refractivity contribution in [1.29, 1.82) is 0 Å². The third-order valence-corrected chi connectivity index (χ3v) is 4.21. The Hall–Kier alpha value is -1.73. The van der Waals surface area contributed by atoms with E-state index in [1.807, 2.05) is 36.9 Å². The third kappa shape index (κ3) is 2.78. The fraction of sp³-hybridized carbons (Fsp3) is 0.400. The molecule has 0 unspecified atom stereocenters. The summed E-state index contributed by atoms with van der Waals surface area (Å²) in [6.07, 6.45) is 1.40. The van der Waals surface area contributed by atoms with E-state index in [4.69, 9.17) is 4.74 Å². The lowest BCUT2D eigenvalue weighted by Crippen LogP contribution is -2.45. The van der Waals surface area contributed by atoms with E-state index in [9.17, 15) is 10.1 Å². The van der Waals surface area contributed by atoms with Gasteiger partial charge in [0.15, 0.2) is 0 Å². The standard InChI is InChI=1S/C15H16BrN3O3/c1-9-7-18(8-10(2)22-9)15-12-5-11(16)3-4-13(12)17-6-14(15)19(20)21/h3-6,9-10H,7-8H2,1-2H3/t9-,10-/m0/s1. The molecule has 7 heteroatoms. The largest absolute Gasteiger partial charge is 0.372 e. The summed E-state index contributed by atoms with van der Waals surface area (Å²) in [5.74, 6) is 0. The van der Waals surface area contributed by atoms with Crippen molar-refractivity contribution < 1.29 is 9.66 Å². The second-order valence-corrected chi connectivity index (χ2v) is 6.49. The van der Waals surface area contributed by atoms with Gasteiger partial charge in [0.2, 0.25) is 0 Å². The number of fused-ring (bicyclic) bond motifs is 1. The maximum Gasteiger partial charge on any atom is 0.311 e. The van der Waals surface area contributed by atoms with Gasteiger partial charge in [0.1, 0.15) is 11.9 Å². The molecular weight excluding hydrogens is 350 g/mol. The lowest BCUT2D eigenvalue weighted by molar-refractivity contribution is -0.384. The zero-order valence-electron chi connectivity index (χ0n) is 12.3. The van der Waals surface area contributed by atoms with Crippen LogP contribution in [0, 0.1) is 10.1 Å². The highest BCUT2D eigenvalue weighted by atomic mass is 79.9. The van der Waals surface area contributed by atoms with E-state index < -0.39 is 0 Å². The number of hydrogen-bond acceptors (Lipinski definition) is 5. The van der Waals surface area contributed by atoms with E-state index in [-0.39, 0.29) is 22.8 Å². The Morgan fingerprint density at radius 1 is 1.36 bits per heavy atom. The number of nitro groups is 1. The number of nitrogens with zero attached hydrogens (tertiary/aromatic N) is 3. The molecule has 1 aromatic carbocycles. The Morgan fingerprint density at radius 2 is 2.05 bits per heavy atom. The minimum Gasteiger partial charge on any atom is -0.372 e. The van der Waals surface area contributed by atoms with Crippen LogP contribution in [0.1, 0.15) is 13.8 Å². The fourth-order valence-electron chi connectivity index (χ4n) is 2.97. The summed E-state index contributed by atoms with van der Waals surface area (Å²) in [5, 5.41) is 12.2. The van der Waals surface area contributed by atoms with Crippen LogP contribution in [0.25, 0.3) is 10.9 Å². The second kappa shape index (κ2) is 5.81. The molecule has 0 N–H and O–H groups in total. The molecule has 22 heavy (non-hydrogen) atoms. The van der Waals surface area contributed by atoms with Crippen LogP contribution in [0.4, 0.5) is 11.4 Å². The van der Waals surface area contributed by atoms with Gasteiger partial charge >= 0.3 is 5.69 Å². The van der Waals surface area contributed by atoms with E-state index in [1.165, 1.54) is 6.20 Å². The highest BCUT2D eigenvalue weighted by Crippen LogP contribution is 2.37. The summed E-state index contributed by atoms with van der Waals surface area (Å²) in [6.45, 7) is 5.20. The molecule has 0 radical (unpaired) electrons. The minimum atomic E-state index is -0.368. The zero-order chi connectivity index (χ0) is 15.9. The third-order valence-electron chi connectivity index (χ3n) is 3.71. The van der Waals surface area contributed by atoms with Crippen LogP contribution in [0.15, 0.2) is 28.9 Å². The van der Waals surface area contributed by atoms with Crippen molar-refractivity contribution in [3.05, 3.63) is 39.0 Å². The van der Waals surface area contributed by atoms with Crippen molar-refractivity contribution in [3.63, 3.8) is 0 Å². The van der Waals surface area contributed by atoms with Crippen LogP contribution in [0.2, 0.25) is 0 Å². The predicted octanol–water partition coefficient (Wildman–Crippen LogP) is 3.52. The van der Waals surface area contributed by atoms with Crippen molar-refractivity contribution in [3.8, 4) is 0 Å². The molecule has 0 bridgehead atoms. The first kappa shape index (κ1) is 15.2. The van der Waals surface area contributed by atoms with Crippen LogP contribution < -0.4 is 4.90 Å². The Morgan fingerprint density at radius 3 is 2.68 bits per heavy atom. The Balaban J connectivity index is 2.22. The summed E-state index contributed by atoms with van der Waals surface area (Å²) < 4.78 is 6.61. The number of rotatable bonds is 2. The lowest BCUT2D eigenvalue weighted by Gasteiger charge is -2.36. The summed E-state index contributed by atoms with van der Waals surface area (Å²) in [5.41, 5.74) is 1.40. The number of anilines is 1. The molecule has 2 aromatic rings. The fourth-order valence-corrected chi connectivity index (χ4v) is 3.33. The molecule has 0 aliphatic carbocycles. The van der Waals surface area contributed by atoms with E-state index in [0.29, 0.717) is 18.8 Å². The summed E-state index contributed by atoms with van der Waals surface area (Å²) in [7, 11) is 0. The van der Waals surface area contributed by atoms with Gasteiger partial charge in [-0.3, -0.25) is 10.1 Å². The maximum atomic E-state index is 11.5. The van der Waals surface area contributed by atoms with E-state index in [2.05, 4.69) is 20.9 Å². The molecule has 116 valence electrons. The van der Waals surface area contributed by atoms with Crippen LogP contribution in [0.3, 0.4) is 0 Å². The first-order chi connectivity index (χ1) is 10.5. The van der Waals surface area contributed by atoms with Crippen LogP contribution in [-0.2, 0) is 4.74 Å². The molecule has 1 aromatic heterocycles. The Kier molecular flexibility index (Phi) is 4.01. The predicted molar refractivity (Wildman–Crippen MR) is 88.3 cm³/mol. The molecule has 2 heterocycles. The van der Waals surface area contributed by atoms with Gasteiger partial charge in [0.25, 0.3) is 0 Å². The highest BCUT2D eigenvalue weighted by Gasteiger charge is 2.29. The van der Waals surface area contributed by atoms with Gasteiger partial charge in [-0.05, 0) is 32.0 Å². The van der Waals surface area contributed by atoms with Crippen molar-refractivity contribution in [2.75, 3.05) is 18.0 Å². The summed E-state index contributed by atoms with van der Waals surface area (Å²) >= 11 is 3.44. The lowest BCUT2D eigenvalue weighted by atomic mass is 10.1. The monoisotopic (exact) mass is 365 g/mol. The molecule has 1 aliphatic rings. The molecule has 0 saturated carbocycles. The quantitative estimate of drug-likeness (QED) is 0.601. The average molecular weight is 366 g/mol. The normalized spacial score (nSPS) is 22.0. The molecule has 1 fully saturated rings. The Labute approximate surface area is 136 Å². The SMILES string of the molecule is C[C@H]1CN(c2c([N+](=O)[O-])cnc3ccc(Br)cc23)C[C@H](C)O1.